The molecular weight excluding hydrogens is 198 g/mol. The van der Waals surface area contributed by atoms with E-state index in [0.29, 0.717) is 12.1 Å². The average Bonchev–Trinajstić information content (AvgIpc) is 2.27. The average molecular weight is 213 g/mol. The summed E-state index contributed by atoms with van der Waals surface area (Å²) < 4.78 is 0. The molecule has 3 rings (SSSR count). The van der Waals surface area contributed by atoms with E-state index in [2.05, 4.69) is 34.6 Å². The van der Waals surface area contributed by atoms with Gasteiger partial charge in [0, 0.05) is 40.9 Å². The van der Waals surface area contributed by atoms with Crippen LogP contribution >= 0.6 is 0 Å². The summed E-state index contributed by atoms with van der Waals surface area (Å²) in [6.07, 6.45) is 5.87. The first-order chi connectivity index (χ1) is 7.83. The standard InChI is InChI=1S/C13H15N3/c14-10-6-11(7-10)16-13-3-1-2-9-8-15-5-4-12(9)13/h1-5,8,10-11,16H,6-7,14H2. The molecule has 1 saturated carbocycles. The fraction of sp³-hybridized carbons (Fsp3) is 0.308. The van der Waals surface area contributed by atoms with Crippen molar-refractivity contribution in [1.82, 2.24) is 4.98 Å². The first-order valence-electron chi connectivity index (χ1n) is 5.68. The number of nitrogens with zero attached hydrogens (tertiary/aromatic N) is 1. The quantitative estimate of drug-likeness (QED) is 0.803. The van der Waals surface area contributed by atoms with Crippen LogP contribution in [0.15, 0.2) is 36.7 Å². The molecule has 2 aromatic rings. The number of nitrogens with one attached hydrogen (secondary N) is 1. The zero-order valence-electron chi connectivity index (χ0n) is 9.06. The number of rotatable bonds is 2. The summed E-state index contributed by atoms with van der Waals surface area (Å²) in [6.45, 7) is 0. The van der Waals surface area contributed by atoms with Crippen LogP contribution < -0.4 is 11.1 Å². The van der Waals surface area contributed by atoms with Crippen LogP contribution in [-0.2, 0) is 0 Å². The molecule has 1 heterocycles. The van der Waals surface area contributed by atoms with Crippen LogP contribution in [0.2, 0.25) is 0 Å². The third-order valence-electron chi connectivity index (χ3n) is 3.21. The molecule has 1 aromatic heterocycles. The van der Waals surface area contributed by atoms with Crippen molar-refractivity contribution in [3.63, 3.8) is 0 Å². The number of fused-ring (bicyclic) bond motifs is 1. The molecule has 0 atom stereocenters. The summed E-state index contributed by atoms with van der Waals surface area (Å²) in [5.74, 6) is 0. The van der Waals surface area contributed by atoms with Gasteiger partial charge < -0.3 is 11.1 Å². The van der Waals surface area contributed by atoms with E-state index in [4.69, 9.17) is 5.73 Å². The van der Waals surface area contributed by atoms with E-state index in [-0.39, 0.29) is 0 Å². The molecule has 0 unspecified atom stereocenters. The second-order valence-corrected chi connectivity index (χ2v) is 4.48. The van der Waals surface area contributed by atoms with E-state index >= 15 is 0 Å². The fourth-order valence-electron chi connectivity index (χ4n) is 2.25. The highest BCUT2D eigenvalue weighted by Gasteiger charge is 2.25. The van der Waals surface area contributed by atoms with E-state index in [1.807, 2.05) is 12.4 Å². The Morgan fingerprint density at radius 3 is 2.94 bits per heavy atom. The lowest BCUT2D eigenvalue weighted by atomic mass is 9.87. The van der Waals surface area contributed by atoms with Crippen molar-refractivity contribution in [2.75, 3.05) is 5.32 Å². The van der Waals surface area contributed by atoms with Crippen LogP contribution in [0.3, 0.4) is 0 Å². The zero-order chi connectivity index (χ0) is 11.0. The predicted octanol–water partition coefficient (Wildman–Crippen LogP) is 2.14. The summed E-state index contributed by atoms with van der Waals surface area (Å²) in [5.41, 5.74) is 6.98. The van der Waals surface area contributed by atoms with Gasteiger partial charge in [-0.15, -0.1) is 0 Å². The number of aromatic nitrogens is 1. The van der Waals surface area contributed by atoms with Crippen LogP contribution in [0.5, 0.6) is 0 Å². The Morgan fingerprint density at radius 1 is 1.25 bits per heavy atom. The molecule has 0 saturated heterocycles. The van der Waals surface area contributed by atoms with E-state index in [1.165, 1.54) is 16.5 Å². The van der Waals surface area contributed by atoms with Gasteiger partial charge in [0.25, 0.3) is 0 Å². The molecular formula is C13H15N3. The lowest BCUT2D eigenvalue weighted by Crippen LogP contribution is -2.44. The molecule has 3 N–H and O–H groups in total. The molecule has 0 radical (unpaired) electrons. The minimum Gasteiger partial charge on any atom is -0.382 e. The molecule has 0 bridgehead atoms. The molecule has 1 aromatic carbocycles. The van der Waals surface area contributed by atoms with Crippen molar-refractivity contribution in [1.29, 1.82) is 0 Å². The first kappa shape index (κ1) is 9.60. The minimum atomic E-state index is 0.383. The fourth-order valence-corrected chi connectivity index (χ4v) is 2.25. The summed E-state index contributed by atoms with van der Waals surface area (Å²) >= 11 is 0. The second kappa shape index (κ2) is 3.76. The minimum absolute atomic E-state index is 0.383. The van der Waals surface area contributed by atoms with Crippen LogP contribution in [-0.4, -0.2) is 17.1 Å². The van der Waals surface area contributed by atoms with Crippen molar-refractivity contribution in [3.8, 4) is 0 Å². The van der Waals surface area contributed by atoms with Gasteiger partial charge in [0.1, 0.15) is 0 Å². The Bertz CT molecular complexity index is 498. The van der Waals surface area contributed by atoms with Crippen molar-refractivity contribution in [2.24, 2.45) is 5.73 Å². The molecule has 3 nitrogen and oxygen atoms in total. The van der Waals surface area contributed by atoms with Gasteiger partial charge in [0.15, 0.2) is 0 Å². The van der Waals surface area contributed by atoms with Gasteiger partial charge in [-0.2, -0.15) is 0 Å². The summed E-state index contributed by atoms with van der Waals surface area (Å²) in [5, 5.41) is 5.96. The predicted molar refractivity (Wildman–Crippen MR) is 66.4 cm³/mol. The zero-order valence-corrected chi connectivity index (χ0v) is 9.06. The van der Waals surface area contributed by atoms with Gasteiger partial charge in [-0.1, -0.05) is 12.1 Å². The molecule has 1 aliphatic rings. The largest absolute Gasteiger partial charge is 0.382 e. The molecule has 1 fully saturated rings. The number of anilines is 1. The molecule has 0 spiro atoms. The van der Waals surface area contributed by atoms with Crippen LogP contribution in [0.1, 0.15) is 12.8 Å². The normalized spacial score (nSPS) is 24.1. The van der Waals surface area contributed by atoms with Crippen molar-refractivity contribution in [2.45, 2.75) is 24.9 Å². The molecule has 0 amide bonds. The van der Waals surface area contributed by atoms with E-state index in [0.717, 1.165) is 12.8 Å². The monoisotopic (exact) mass is 213 g/mol. The Kier molecular flexibility index (Phi) is 2.26. The van der Waals surface area contributed by atoms with Gasteiger partial charge in [0.05, 0.1) is 0 Å². The Morgan fingerprint density at radius 2 is 2.12 bits per heavy atom. The molecule has 82 valence electrons. The third-order valence-corrected chi connectivity index (χ3v) is 3.21. The maximum absolute atomic E-state index is 5.79. The summed E-state index contributed by atoms with van der Waals surface area (Å²) in [6, 6.07) is 9.23. The van der Waals surface area contributed by atoms with Crippen molar-refractivity contribution >= 4 is 16.5 Å². The van der Waals surface area contributed by atoms with Gasteiger partial charge in [-0.3, -0.25) is 4.98 Å². The van der Waals surface area contributed by atoms with Crippen LogP contribution in [0, 0.1) is 0 Å². The lowest BCUT2D eigenvalue weighted by Gasteiger charge is -2.34. The second-order valence-electron chi connectivity index (χ2n) is 4.48. The number of hydrogen-bond donors (Lipinski definition) is 2. The summed E-state index contributed by atoms with van der Waals surface area (Å²) in [4.78, 5) is 4.13. The number of hydrogen-bond acceptors (Lipinski definition) is 3. The van der Waals surface area contributed by atoms with E-state index < -0.39 is 0 Å². The highest BCUT2D eigenvalue weighted by atomic mass is 15.0. The van der Waals surface area contributed by atoms with Gasteiger partial charge in [0.2, 0.25) is 0 Å². The maximum Gasteiger partial charge on any atom is 0.0423 e. The Labute approximate surface area is 94.7 Å². The van der Waals surface area contributed by atoms with Crippen molar-refractivity contribution < 1.29 is 0 Å². The van der Waals surface area contributed by atoms with Crippen LogP contribution in [0.4, 0.5) is 5.69 Å². The first-order valence-corrected chi connectivity index (χ1v) is 5.68. The number of benzene rings is 1. The van der Waals surface area contributed by atoms with E-state index in [1.54, 1.807) is 0 Å². The van der Waals surface area contributed by atoms with E-state index in [9.17, 15) is 0 Å². The van der Waals surface area contributed by atoms with Crippen LogP contribution in [0.25, 0.3) is 10.8 Å². The molecule has 0 aliphatic heterocycles. The summed E-state index contributed by atoms with van der Waals surface area (Å²) in [7, 11) is 0. The van der Waals surface area contributed by atoms with Gasteiger partial charge >= 0.3 is 0 Å². The highest BCUT2D eigenvalue weighted by Crippen LogP contribution is 2.27. The number of nitrogens with two attached hydrogens (primary N) is 1. The van der Waals surface area contributed by atoms with Gasteiger partial charge in [-0.05, 0) is 25.0 Å². The highest BCUT2D eigenvalue weighted by molar-refractivity contribution is 5.93. The Balaban J connectivity index is 1.91. The smallest absolute Gasteiger partial charge is 0.0423 e. The topological polar surface area (TPSA) is 50.9 Å². The van der Waals surface area contributed by atoms with Gasteiger partial charge in [-0.25, -0.2) is 0 Å². The maximum atomic E-state index is 5.79. The molecule has 3 heteroatoms. The van der Waals surface area contributed by atoms with Crippen molar-refractivity contribution in [3.05, 3.63) is 36.7 Å². The Hall–Kier alpha value is -1.61. The third kappa shape index (κ3) is 1.63. The number of pyridine rings is 1. The lowest BCUT2D eigenvalue weighted by molar-refractivity contribution is 0.374. The molecule has 1 aliphatic carbocycles. The molecule has 16 heavy (non-hydrogen) atoms. The SMILES string of the molecule is NC1CC(Nc2cccc3cnccc23)C1.